The van der Waals surface area contributed by atoms with Crippen molar-refractivity contribution in [3.05, 3.63) is 18.0 Å². The number of aromatic nitrogens is 1. The van der Waals surface area contributed by atoms with Gasteiger partial charge in [-0.1, -0.05) is 6.92 Å². The van der Waals surface area contributed by atoms with Crippen molar-refractivity contribution in [2.24, 2.45) is 11.8 Å². The van der Waals surface area contributed by atoms with Gasteiger partial charge in [0.1, 0.15) is 10.6 Å². The molecule has 2 saturated heterocycles. The summed E-state index contributed by atoms with van der Waals surface area (Å²) >= 11 is 0. The minimum absolute atomic E-state index is 0.0114. The summed E-state index contributed by atoms with van der Waals surface area (Å²) < 4.78 is 26.8. The van der Waals surface area contributed by atoms with Crippen LogP contribution in [0.3, 0.4) is 0 Å². The number of hydrogen-bond donors (Lipinski definition) is 2. The smallest absolute Gasteiger partial charge is 0.307 e. The van der Waals surface area contributed by atoms with Crippen LogP contribution in [0.15, 0.2) is 17.2 Å². The van der Waals surface area contributed by atoms with E-state index < -0.39 is 21.9 Å². The van der Waals surface area contributed by atoms with Gasteiger partial charge in [-0.25, -0.2) is 8.42 Å². The third kappa shape index (κ3) is 3.78. The zero-order valence-corrected chi connectivity index (χ0v) is 15.7. The summed E-state index contributed by atoms with van der Waals surface area (Å²) in [7, 11) is -3.81. The fraction of sp³-hybridized carbons (Fsp3) is 0.647. The Bertz CT molecular complexity index is 780. The second kappa shape index (κ2) is 7.40. The fourth-order valence-electron chi connectivity index (χ4n) is 3.54. The second-order valence-corrected chi connectivity index (χ2v) is 9.20. The highest BCUT2D eigenvalue weighted by Gasteiger charge is 2.34. The average molecular weight is 383 g/mol. The number of carbonyl (C=O) groups is 2. The third-order valence-electron chi connectivity index (χ3n) is 5.33. The highest BCUT2D eigenvalue weighted by molar-refractivity contribution is 7.89. The number of amides is 1. The highest BCUT2D eigenvalue weighted by atomic mass is 32.2. The van der Waals surface area contributed by atoms with Crippen molar-refractivity contribution in [3.8, 4) is 0 Å². The summed E-state index contributed by atoms with van der Waals surface area (Å²) in [6, 6.07) is 1.36. The van der Waals surface area contributed by atoms with Crippen LogP contribution in [-0.4, -0.2) is 65.8 Å². The van der Waals surface area contributed by atoms with Crippen molar-refractivity contribution in [1.82, 2.24) is 14.2 Å². The van der Waals surface area contributed by atoms with Crippen LogP contribution in [0.5, 0.6) is 0 Å². The summed E-state index contributed by atoms with van der Waals surface area (Å²) in [6.07, 6.45) is 4.20. The molecule has 0 aliphatic carbocycles. The van der Waals surface area contributed by atoms with Gasteiger partial charge in [0, 0.05) is 32.4 Å². The zero-order valence-electron chi connectivity index (χ0n) is 14.8. The summed E-state index contributed by atoms with van der Waals surface area (Å²) in [4.78, 5) is 28.3. The number of piperidine rings is 2. The molecule has 26 heavy (non-hydrogen) atoms. The van der Waals surface area contributed by atoms with Crippen LogP contribution < -0.4 is 0 Å². The molecule has 1 atom stereocenters. The molecular weight excluding hydrogens is 358 g/mol. The van der Waals surface area contributed by atoms with Crippen molar-refractivity contribution in [3.63, 3.8) is 0 Å². The van der Waals surface area contributed by atoms with Gasteiger partial charge in [-0.05, 0) is 37.7 Å². The van der Waals surface area contributed by atoms with Gasteiger partial charge in [-0.2, -0.15) is 4.31 Å². The maximum Gasteiger partial charge on any atom is 0.307 e. The van der Waals surface area contributed by atoms with E-state index in [2.05, 4.69) is 11.9 Å². The van der Waals surface area contributed by atoms with Gasteiger partial charge in [0.05, 0.1) is 5.92 Å². The molecule has 1 amide bonds. The number of nitrogens with zero attached hydrogens (tertiary/aromatic N) is 2. The standard InChI is InChI=1S/C17H25N3O5S/c1-12-4-7-19(8-5-12)16(21)15-9-14(10-18-15)26(24,25)20-6-2-3-13(11-20)17(22)23/h9-10,12-13,18H,2-8,11H2,1H3,(H,22,23). The van der Waals surface area contributed by atoms with Crippen LogP contribution in [0.2, 0.25) is 0 Å². The van der Waals surface area contributed by atoms with E-state index >= 15 is 0 Å². The molecule has 9 heteroatoms. The Morgan fingerprint density at radius 2 is 1.88 bits per heavy atom. The summed E-state index contributed by atoms with van der Waals surface area (Å²) in [6.45, 7) is 3.77. The first-order chi connectivity index (χ1) is 12.3. The number of nitrogens with one attached hydrogen (secondary N) is 1. The topological polar surface area (TPSA) is 111 Å². The number of likely N-dealkylation sites (tertiary alicyclic amines) is 1. The second-order valence-electron chi connectivity index (χ2n) is 7.26. The molecule has 1 aromatic rings. The van der Waals surface area contributed by atoms with Crippen molar-refractivity contribution in [2.45, 2.75) is 37.5 Å². The Balaban J connectivity index is 1.73. The average Bonchev–Trinajstić information content (AvgIpc) is 3.13. The Morgan fingerprint density at radius 1 is 1.19 bits per heavy atom. The predicted molar refractivity (Wildman–Crippen MR) is 94.2 cm³/mol. The van der Waals surface area contributed by atoms with Gasteiger partial charge >= 0.3 is 5.97 Å². The predicted octanol–water partition coefficient (Wildman–Crippen LogP) is 1.37. The lowest BCUT2D eigenvalue weighted by Gasteiger charge is -2.30. The third-order valence-corrected chi connectivity index (χ3v) is 7.17. The molecule has 0 bridgehead atoms. The number of aromatic amines is 1. The molecular formula is C17H25N3O5S. The quantitative estimate of drug-likeness (QED) is 0.816. The molecule has 0 aromatic carbocycles. The zero-order chi connectivity index (χ0) is 18.9. The number of carboxylic acid groups (broad SMARTS) is 1. The summed E-state index contributed by atoms with van der Waals surface area (Å²) in [5, 5.41) is 9.15. The van der Waals surface area contributed by atoms with Crippen LogP contribution in [0.1, 0.15) is 43.1 Å². The number of carboxylic acids is 1. The lowest BCUT2D eigenvalue weighted by Crippen LogP contribution is -2.42. The SMILES string of the molecule is CC1CCN(C(=O)c2cc(S(=O)(=O)N3CCCC(C(=O)O)C3)c[nH]2)CC1. The van der Waals surface area contributed by atoms with E-state index in [0.717, 1.165) is 12.8 Å². The summed E-state index contributed by atoms with van der Waals surface area (Å²) in [5.74, 6) is -1.26. The lowest BCUT2D eigenvalue weighted by molar-refractivity contribution is -0.142. The van der Waals surface area contributed by atoms with E-state index in [1.165, 1.54) is 16.6 Å². The van der Waals surface area contributed by atoms with E-state index in [1.54, 1.807) is 4.90 Å². The van der Waals surface area contributed by atoms with Crippen molar-refractivity contribution in [1.29, 1.82) is 0 Å². The number of aliphatic carboxylic acids is 1. The van der Waals surface area contributed by atoms with Crippen LogP contribution >= 0.6 is 0 Å². The molecule has 3 heterocycles. The number of H-pyrrole nitrogens is 1. The van der Waals surface area contributed by atoms with Crippen molar-refractivity contribution >= 4 is 21.9 Å². The molecule has 2 aliphatic heterocycles. The highest BCUT2D eigenvalue weighted by Crippen LogP contribution is 2.25. The van der Waals surface area contributed by atoms with Crippen LogP contribution in [0.25, 0.3) is 0 Å². The lowest BCUT2D eigenvalue weighted by atomic mass is 9.99. The van der Waals surface area contributed by atoms with Crippen LogP contribution in [-0.2, 0) is 14.8 Å². The molecule has 1 aromatic heterocycles. The number of rotatable bonds is 4. The molecule has 3 rings (SSSR count). The molecule has 144 valence electrons. The molecule has 2 aliphatic rings. The van der Waals surface area contributed by atoms with Crippen molar-refractivity contribution in [2.75, 3.05) is 26.2 Å². The maximum absolute atomic E-state index is 12.8. The van der Waals surface area contributed by atoms with E-state index in [0.29, 0.717) is 38.4 Å². The molecule has 0 saturated carbocycles. The molecule has 1 unspecified atom stereocenters. The normalized spacial score (nSPS) is 23.1. The van der Waals surface area contributed by atoms with Gasteiger partial charge < -0.3 is 15.0 Å². The van der Waals surface area contributed by atoms with E-state index in [9.17, 15) is 18.0 Å². The maximum atomic E-state index is 12.8. The van der Waals surface area contributed by atoms with Gasteiger partial charge in [-0.3, -0.25) is 9.59 Å². The first-order valence-electron chi connectivity index (χ1n) is 8.99. The number of carbonyl (C=O) groups excluding carboxylic acids is 1. The monoisotopic (exact) mass is 383 g/mol. The van der Waals surface area contributed by atoms with E-state index in [-0.39, 0.29) is 23.0 Å². The molecule has 8 nitrogen and oxygen atoms in total. The molecule has 0 spiro atoms. The Kier molecular flexibility index (Phi) is 5.38. The van der Waals surface area contributed by atoms with E-state index in [4.69, 9.17) is 5.11 Å². The largest absolute Gasteiger partial charge is 0.481 e. The van der Waals surface area contributed by atoms with Crippen LogP contribution in [0, 0.1) is 11.8 Å². The van der Waals surface area contributed by atoms with E-state index in [1.807, 2.05) is 0 Å². The van der Waals surface area contributed by atoms with Gasteiger partial charge in [0.15, 0.2) is 0 Å². The first kappa shape index (κ1) is 18.9. The first-order valence-corrected chi connectivity index (χ1v) is 10.4. The van der Waals surface area contributed by atoms with Gasteiger partial charge in [0.25, 0.3) is 5.91 Å². The van der Waals surface area contributed by atoms with Gasteiger partial charge in [-0.15, -0.1) is 0 Å². The van der Waals surface area contributed by atoms with Gasteiger partial charge in [0.2, 0.25) is 10.0 Å². The minimum Gasteiger partial charge on any atom is -0.481 e. The summed E-state index contributed by atoms with van der Waals surface area (Å²) in [5.41, 5.74) is 0.255. The molecule has 0 radical (unpaired) electrons. The van der Waals surface area contributed by atoms with Crippen molar-refractivity contribution < 1.29 is 23.1 Å². The molecule has 2 N–H and O–H groups in total. The molecule has 2 fully saturated rings. The van der Waals surface area contributed by atoms with Crippen LogP contribution in [0.4, 0.5) is 0 Å². The minimum atomic E-state index is -3.81. The number of hydrogen-bond acceptors (Lipinski definition) is 4. The number of sulfonamides is 1. The Labute approximate surface area is 153 Å². The Morgan fingerprint density at radius 3 is 2.54 bits per heavy atom. The fourth-order valence-corrected chi connectivity index (χ4v) is 5.06. The Hall–Kier alpha value is -1.87.